The van der Waals surface area contributed by atoms with E-state index in [0.717, 1.165) is 9.13 Å². The third-order valence-corrected chi connectivity index (χ3v) is 6.18. The van der Waals surface area contributed by atoms with Gasteiger partial charge in [-0.2, -0.15) is 5.26 Å². The quantitative estimate of drug-likeness (QED) is 0.110. The van der Waals surface area contributed by atoms with Crippen molar-refractivity contribution in [1.29, 1.82) is 5.26 Å². The summed E-state index contributed by atoms with van der Waals surface area (Å²) < 4.78 is 17.6. The lowest BCUT2D eigenvalue weighted by molar-refractivity contribution is -0.112. The number of rotatable bonds is 10. The molecule has 3 rings (SSSR count). The van der Waals surface area contributed by atoms with E-state index in [4.69, 9.17) is 37.4 Å². The summed E-state index contributed by atoms with van der Waals surface area (Å²) in [6.07, 6.45) is 3.13. The lowest BCUT2D eigenvalue weighted by atomic mass is 10.1. The molecule has 0 spiro atoms. The van der Waals surface area contributed by atoms with Crippen molar-refractivity contribution >= 4 is 63.5 Å². The lowest BCUT2D eigenvalue weighted by Crippen LogP contribution is -2.13. The van der Waals surface area contributed by atoms with Crippen LogP contribution in [0.2, 0.25) is 10.0 Å². The summed E-state index contributed by atoms with van der Waals surface area (Å²) in [5, 5.41) is 13.4. The number of nitrogens with zero attached hydrogens (tertiary/aromatic N) is 1. The molecule has 0 heterocycles. The van der Waals surface area contributed by atoms with E-state index in [-0.39, 0.29) is 12.2 Å². The molecular formula is C27H21Cl2IN2O4. The molecule has 0 radical (unpaired) electrons. The van der Waals surface area contributed by atoms with Gasteiger partial charge in [-0.25, -0.2) is 0 Å². The molecule has 0 aliphatic rings. The normalized spacial score (nSPS) is 10.8. The predicted molar refractivity (Wildman–Crippen MR) is 151 cm³/mol. The van der Waals surface area contributed by atoms with E-state index in [1.54, 1.807) is 60.7 Å². The number of ether oxygens (including phenoxy) is 3. The second kappa shape index (κ2) is 13.2. The van der Waals surface area contributed by atoms with E-state index in [9.17, 15) is 10.1 Å². The summed E-state index contributed by atoms with van der Waals surface area (Å²) >= 11 is 14.2. The minimum atomic E-state index is -0.542. The SMILES string of the molecule is C=CCOc1c(I)cc(/C=C(\C#N)C(=O)Nc2ccc(OCc3ccc(Cl)cc3Cl)cc2)cc1OC. The maximum Gasteiger partial charge on any atom is 0.266 e. The summed E-state index contributed by atoms with van der Waals surface area (Å²) in [5.74, 6) is 1.11. The fraction of sp³-hybridized carbons (Fsp3) is 0.111. The molecule has 0 saturated heterocycles. The van der Waals surface area contributed by atoms with Crippen LogP contribution in [0.15, 0.2) is 72.8 Å². The smallest absolute Gasteiger partial charge is 0.266 e. The Labute approximate surface area is 233 Å². The largest absolute Gasteiger partial charge is 0.493 e. The number of nitrogens with one attached hydrogen (secondary N) is 1. The summed E-state index contributed by atoms with van der Waals surface area (Å²) in [6, 6.07) is 17.4. The van der Waals surface area contributed by atoms with Crippen molar-refractivity contribution in [2.75, 3.05) is 19.0 Å². The van der Waals surface area contributed by atoms with Crippen molar-refractivity contribution in [3.63, 3.8) is 0 Å². The molecule has 3 aromatic carbocycles. The zero-order chi connectivity index (χ0) is 26.1. The molecule has 0 aliphatic heterocycles. The van der Waals surface area contributed by atoms with Gasteiger partial charge in [-0.3, -0.25) is 4.79 Å². The molecule has 0 aromatic heterocycles. The number of halogens is 3. The van der Waals surface area contributed by atoms with Gasteiger partial charge in [0.25, 0.3) is 5.91 Å². The third-order valence-electron chi connectivity index (χ3n) is 4.80. The topological polar surface area (TPSA) is 80.6 Å². The maximum absolute atomic E-state index is 12.7. The standard InChI is InChI=1S/C27H21Cl2IN2O4/c1-3-10-35-26-24(30)12-17(13-25(26)34-2)11-19(15-31)27(33)32-21-6-8-22(9-7-21)36-16-18-4-5-20(28)14-23(18)29/h3-9,11-14H,1,10,16H2,2H3,(H,32,33)/b19-11+. The number of anilines is 1. The van der Waals surface area contributed by atoms with E-state index in [2.05, 4.69) is 34.5 Å². The summed E-state index contributed by atoms with van der Waals surface area (Å²) in [5.41, 5.74) is 1.87. The number of hydrogen-bond acceptors (Lipinski definition) is 5. The summed E-state index contributed by atoms with van der Waals surface area (Å²) in [4.78, 5) is 12.7. The summed E-state index contributed by atoms with van der Waals surface area (Å²) in [7, 11) is 1.52. The predicted octanol–water partition coefficient (Wildman–Crippen LogP) is 7.30. The molecule has 0 unspecified atom stereocenters. The highest BCUT2D eigenvalue weighted by Crippen LogP contribution is 2.34. The molecule has 6 nitrogen and oxygen atoms in total. The van der Waals surface area contributed by atoms with Crippen molar-refractivity contribution in [3.05, 3.63) is 97.6 Å². The molecule has 1 amide bonds. The second-order valence-corrected chi connectivity index (χ2v) is 9.31. The van der Waals surface area contributed by atoms with E-state index >= 15 is 0 Å². The first kappa shape index (κ1) is 27.4. The van der Waals surface area contributed by atoms with Crippen molar-refractivity contribution in [2.45, 2.75) is 6.61 Å². The molecule has 0 fully saturated rings. The van der Waals surface area contributed by atoms with E-state index in [1.165, 1.54) is 13.2 Å². The van der Waals surface area contributed by atoms with Gasteiger partial charge < -0.3 is 19.5 Å². The third kappa shape index (κ3) is 7.40. The Morgan fingerprint density at radius 2 is 1.89 bits per heavy atom. The molecular weight excluding hydrogens is 614 g/mol. The average molecular weight is 635 g/mol. The van der Waals surface area contributed by atoms with Crippen LogP contribution in [-0.2, 0) is 11.4 Å². The van der Waals surface area contributed by atoms with Crippen LogP contribution in [0.25, 0.3) is 6.08 Å². The van der Waals surface area contributed by atoms with Crippen LogP contribution in [0.3, 0.4) is 0 Å². The van der Waals surface area contributed by atoms with E-state index < -0.39 is 5.91 Å². The molecule has 0 aliphatic carbocycles. The number of hydrogen-bond donors (Lipinski definition) is 1. The summed E-state index contributed by atoms with van der Waals surface area (Å²) in [6.45, 7) is 4.23. The molecule has 0 saturated carbocycles. The van der Waals surface area contributed by atoms with Crippen molar-refractivity contribution in [3.8, 4) is 23.3 Å². The Morgan fingerprint density at radius 3 is 2.53 bits per heavy atom. The first-order chi connectivity index (χ1) is 17.3. The Bertz CT molecular complexity index is 1330. The number of benzene rings is 3. The Kier molecular flexibility index (Phi) is 10.1. The molecule has 36 heavy (non-hydrogen) atoms. The molecule has 3 aromatic rings. The van der Waals surface area contributed by atoms with Gasteiger partial charge in [0.1, 0.15) is 30.6 Å². The zero-order valence-electron chi connectivity index (χ0n) is 19.2. The van der Waals surface area contributed by atoms with Gasteiger partial charge in [-0.05, 0) is 82.8 Å². The van der Waals surface area contributed by atoms with Gasteiger partial charge in [0.05, 0.1) is 10.7 Å². The van der Waals surface area contributed by atoms with Gasteiger partial charge >= 0.3 is 0 Å². The van der Waals surface area contributed by atoms with Gasteiger partial charge in [-0.1, -0.05) is 41.9 Å². The van der Waals surface area contributed by atoms with Crippen molar-refractivity contribution in [1.82, 2.24) is 0 Å². The first-order valence-corrected chi connectivity index (χ1v) is 12.4. The van der Waals surface area contributed by atoms with Gasteiger partial charge in [0.15, 0.2) is 11.5 Å². The van der Waals surface area contributed by atoms with E-state index in [1.807, 2.05) is 6.07 Å². The highest BCUT2D eigenvalue weighted by Gasteiger charge is 2.14. The van der Waals surface area contributed by atoms with Crippen LogP contribution < -0.4 is 19.5 Å². The fourth-order valence-electron chi connectivity index (χ4n) is 3.05. The van der Waals surface area contributed by atoms with E-state index in [0.29, 0.717) is 45.2 Å². The molecule has 9 heteroatoms. The minimum Gasteiger partial charge on any atom is -0.493 e. The number of nitriles is 1. The molecule has 1 N–H and O–H groups in total. The number of amides is 1. The van der Waals surface area contributed by atoms with Crippen molar-refractivity contribution < 1.29 is 19.0 Å². The Balaban J connectivity index is 1.68. The number of carbonyl (C=O) groups is 1. The van der Waals surface area contributed by atoms with Crippen LogP contribution in [0.1, 0.15) is 11.1 Å². The second-order valence-electron chi connectivity index (χ2n) is 7.31. The molecule has 0 bridgehead atoms. The highest BCUT2D eigenvalue weighted by molar-refractivity contribution is 14.1. The minimum absolute atomic E-state index is 0.0645. The van der Waals surface area contributed by atoms with Gasteiger partial charge in [0.2, 0.25) is 0 Å². The molecule has 0 atom stereocenters. The lowest BCUT2D eigenvalue weighted by Gasteiger charge is -2.12. The average Bonchev–Trinajstić information content (AvgIpc) is 2.86. The Hall–Kier alpha value is -3.19. The molecule has 184 valence electrons. The first-order valence-electron chi connectivity index (χ1n) is 10.6. The van der Waals surface area contributed by atoms with Gasteiger partial charge in [-0.15, -0.1) is 0 Å². The monoisotopic (exact) mass is 634 g/mol. The van der Waals surface area contributed by atoms with Crippen LogP contribution in [-0.4, -0.2) is 19.6 Å². The maximum atomic E-state index is 12.7. The van der Waals surface area contributed by atoms with Crippen LogP contribution in [0, 0.1) is 14.9 Å². The van der Waals surface area contributed by atoms with Crippen molar-refractivity contribution in [2.24, 2.45) is 0 Å². The fourth-order valence-corrected chi connectivity index (χ4v) is 4.30. The van der Waals surface area contributed by atoms with Crippen LogP contribution in [0.5, 0.6) is 17.2 Å². The zero-order valence-corrected chi connectivity index (χ0v) is 22.9. The van der Waals surface area contributed by atoms with Crippen LogP contribution >= 0.6 is 45.8 Å². The van der Waals surface area contributed by atoms with Gasteiger partial charge in [0, 0.05) is 21.3 Å². The van der Waals surface area contributed by atoms with Crippen LogP contribution in [0.4, 0.5) is 5.69 Å². The number of methoxy groups -OCH3 is 1. The Morgan fingerprint density at radius 1 is 1.14 bits per heavy atom. The number of carbonyl (C=O) groups excluding carboxylic acids is 1. The highest BCUT2D eigenvalue weighted by atomic mass is 127.